The van der Waals surface area contributed by atoms with Crippen molar-refractivity contribution in [1.29, 1.82) is 0 Å². The van der Waals surface area contributed by atoms with Gasteiger partial charge in [0.1, 0.15) is 5.75 Å². The highest BCUT2D eigenvalue weighted by Gasteiger charge is 2.20. The molecular weight excluding hydrogens is 270 g/mol. The quantitative estimate of drug-likeness (QED) is 0.790. The monoisotopic (exact) mass is 284 g/mol. The summed E-state index contributed by atoms with van der Waals surface area (Å²) in [5.74, 6) is -0.161. The zero-order chi connectivity index (χ0) is 15.2. The van der Waals surface area contributed by atoms with Gasteiger partial charge in [-0.3, -0.25) is 9.59 Å². The number of para-hydroxylation sites is 1. The highest BCUT2D eigenvalue weighted by Crippen LogP contribution is 2.25. The van der Waals surface area contributed by atoms with Crippen LogP contribution in [0.2, 0.25) is 0 Å². The molecule has 0 saturated carbocycles. The molecule has 0 spiro atoms. The van der Waals surface area contributed by atoms with Crippen LogP contribution >= 0.6 is 0 Å². The first-order valence-electron chi connectivity index (χ1n) is 6.34. The highest BCUT2D eigenvalue weighted by atomic mass is 16.5. The normalized spacial score (nSPS) is 11.5. The van der Waals surface area contributed by atoms with Crippen LogP contribution in [0, 0.1) is 0 Å². The van der Waals surface area contributed by atoms with Crippen LogP contribution in [-0.4, -0.2) is 24.3 Å². The molecule has 107 valence electrons. The maximum Gasteiger partial charge on any atom is 0.312 e. The average molecular weight is 284 g/mol. The molecule has 0 amide bonds. The third-order valence-electron chi connectivity index (χ3n) is 3.01. The van der Waals surface area contributed by atoms with Gasteiger partial charge >= 0.3 is 5.97 Å². The molecule has 1 aromatic carbocycles. The van der Waals surface area contributed by atoms with Gasteiger partial charge in [-0.1, -0.05) is 18.2 Å². The SMILES string of the molecule is COC(=O)C(C)c1cnc(Oc2ccccc2)cc1[C]=O. The van der Waals surface area contributed by atoms with Crippen molar-refractivity contribution >= 4 is 12.3 Å². The smallest absolute Gasteiger partial charge is 0.312 e. The van der Waals surface area contributed by atoms with Crippen LogP contribution < -0.4 is 4.74 Å². The number of hydrogen-bond donors (Lipinski definition) is 0. The summed E-state index contributed by atoms with van der Waals surface area (Å²) in [6.45, 7) is 1.64. The van der Waals surface area contributed by atoms with Crippen LogP contribution in [0.5, 0.6) is 11.6 Å². The van der Waals surface area contributed by atoms with Crippen molar-refractivity contribution in [3.8, 4) is 11.6 Å². The molecule has 1 atom stereocenters. The summed E-state index contributed by atoms with van der Waals surface area (Å²) in [6, 6.07) is 10.5. The topological polar surface area (TPSA) is 65.5 Å². The van der Waals surface area contributed by atoms with Gasteiger partial charge in [-0.05, 0) is 24.6 Å². The standard InChI is InChI=1S/C16H14NO4/c1-11(16(19)20-2)14-9-17-15(8-12(14)10-18)21-13-6-4-3-5-7-13/h3-9,11H,1-2H3. The van der Waals surface area contributed by atoms with Crippen molar-refractivity contribution in [2.24, 2.45) is 0 Å². The molecule has 0 aliphatic carbocycles. The summed E-state index contributed by atoms with van der Waals surface area (Å²) in [5.41, 5.74) is 0.686. The molecule has 0 bridgehead atoms. The maximum absolute atomic E-state index is 11.5. The van der Waals surface area contributed by atoms with Gasteiger partial charge in [0, 0.05) is 17.8 Å². The Morgan fingerprint density at radius 1 is 1.29 bits per heavy atom. The molecule has 1 heterocycles. The lowest BCUT2D eigenvalue weighted by molar-refractivity contribution is -0.142. The minimum absolute atomic E-state index is 0.230. The number of ether oxygens (including phenoxy) is 2. The van der Waals surface area contributed by atoms with Crippen molar-refractivity contribution in [1.82, 2.24) is 4.98 Å². The van der Waals surface area contributed by atoms with E-state index in [4.69, 9.17) is 4.74 Å². The molecule has 5 nitrogen and oxygen atoms in total. The minimum Gasteiger partial charge on any atom is -0.469 e. The number of aromatic nitrogens is 1. The summed E-state index contributed by atoms with van der Waals surface area (Å²) in [7, 11) is 1.30. The number of rotatable bonds is 5. The van der Waals surface area contributed by atoms with E-state index >= 15 is 0 Å². The van der Waals surface area contributed by atoms with Gasteiger partial charge in [-0.2, -0.15) is 0 Å². The van der Waals surface area contributed by atoms with Gasteiger partial charge in [0.05, 0.1) is 13.0 Å². The number of carbonyl (C=O) groups is 1. The molecule has 1 unspecified atom stereocenters. The van der Waals surface area contributed by atoms with E-state index in [9.17, 15) is 9.59 Å². The molecule has 0 saturated heterocycles. The van der Waals surface area contributed by atoms with Gasteiger partial charge in [0.2, 0.25) is 12.2 Å². The molecule has 1 aromatic heterocycles. The van der Waals surface area contributed by atoms with E-state index in [0.29, 0.717) is 11.3 Å². The molecule has 0 N–H and O–H groups in total. The minimum atomic E-state index is -0.593. The average Bonchev–Trinajstić information content (AvgIpc) is 2.54. The Morgan fingerprint density at radius 2 is 2.00 bits per heavy atom. The van der Waals surface area contributed by atoms with E-state index in [1.807, 2.05) is 18.2 Å². The van der Waals surface area contributed by atoms with Gasteiger partial charge in [0.15, 0.2) is 0 Å². The maximum atomic E-state index is 11.5. The van der Waals surface area contributed by atoms with Crippen molar-refractivity contribution in [2.75, 3.05) is 7.11 Å². The van der Waals surface area contributed by atoms with E-state index in [-0.39, 0.29) is 11.4 Å². The first kappa shape index (κ1) is 14.7. The lowest BCUT2D eigenvalue weighted by Gasteiger charge is -2.12. The fourth-order valence-electron chi connectivity index (χ4n) is 1.85. The van der Waals surface area contributed by atoms with Crippen LogP contribution in [-0.2, 0) is 14.3 Å². The van der Waals surface area contributed by atoms with Gasteiger partial charge < -0.3 is 9.47 Å². The summed E-state index contributed by atoms with van der Waals surface area (Å²) >= 11 is 0. The molecule has 5 heteroatoms. The van der Waals surface area contributed by atoms with Gasteiger partial charge in [-0.25, -0.2) is 4.98 Å². The number of methoxy groups -OCH3 is 1. The first-order chi connectivity index (χ1) is 10.2. The van der Waals surface area contributed by atoms with E-state index in [1.54, 1.807) is 25.3 Å². The fraction of sp³-hybridized carbons (Fsp3) is 0.188. The van der Waals surface area contributed by atoms with E-state index in [1.165, 1.54) is 19.4 Å². The molecule has 0 aliphatic rings. The molecule has 21 heavy (non-hydrogen) atoms. The second-order valence-electron chi connectivity index (χ2n) is 4.37. The van der Waals surface area contributed by atoms with E-state index in [2.05, 4.69) is 9.72 Å². The van der Waals surface area contributed by atoms with Gasteiger partial charge in [0.25, 0.3) is 0 Å². The van der Waals surface area contributed by atoms with Crippen LogP contribution in [0.15, 0.2) is 42.6 Å². The van der Waals surface area contributed by atoms with Crippen LogP contribution in [0.4, 0.5) is 0 Å². The summed E-state index contributed by atoms with van der Waals surface area (Å²) in [4.78, 5) is 26.7. The number of carbonyl (C=O) groups excluding carboxylic acids is 2. The number of pyridine rings is 1. The number of benzene rings is 1. The Labute approximate surface area is 122 Å². The van der Waals surface area contributed by atoms with E-state index < -0.39 is 11.9 Å². The largest absolute Gasteiger partial charge is 0.469 e. The van der Waals surface area contributed by atoms with Crippen molar-refractivity contribution < 1.29 is 19.1 Å². The predicted octanol–water partition coefficient (Wildman–Crippen LogP) is 2.61. The second kappa shape index (κ2) is 6.65. The lowest BCUT2D eigenvalue weighted by Crippen LogP contribution is -2.13. The van der Waals surface area contributed by atoms with Crippen LogP contribution in [0.25, 0.3) is 0 Å². The van der Waals surface area contributed by atoms with E-state index in [0.717, 1.165) is 0 Å². The summed E-state index contributed by atoms with van der Waals surface area (Å²) in [6.07, 6.45) is 3.23. The zero-order valence-electron chi connectivity index (χ0n) is 11.7. The van der Waals surface area contributed by atoms with Crippen molar-refractivity contribution in [3.05, 3.63) is 53.7 Å². The Bertz CT molecular complexity index is 640. The third kappa shape index (κ3) is 3.45. The lowest BCUT2D eigenvalue weighted by atomic mass is 9.98. The van der Waals surface area contributed by atoms with Crippen molar-refractivity contribution in [2.45, 2.75) is 12.8 Å². The third-order valence-corrected chi connectivity index (χ3v) is 3.01. The first-order valence-corrected chi connectivity index (χ1v) is 6.34. The van der Waals surface area contributed by atoms with Crippen molar-refractivity contribution in [3.63, 3.8) is 0 Å². The molecular formula is C16H14NO4. The molecule has 0 fully saturated rings. The summed E-state index contributed by atoms with van der Waals surface area (Å²) in [5, 5.41) is 0. The number of hydrogen-bond acceptors (Lipinski definition) is 5. The number of nitrogens with zero attached hydrogens (tertiary/aromatic N) is 1. The summed E-state index contributed by atoms with van der Waals surface area (Å²) < 4.78 is 10.2. The van der Waals surface area contributed by atoms with Crippen LogP contribution in [0.3, 0.4) is 0 Å². The second-order valence-corrected chi connectivity index (χ2v) is 4.37. The highest BCUT2D eigenvalue weighted by molar-refractivity contribution is 5.84. The Hall–Kier alpha value is -2.69. The Morgan fingerprint density at radius 3 is 2.62 bits per heavy atom. The fourth-order valence-corrected chi connectivity index (χ4v) is 1.85. The van der Waals surface area contributed by atoms with Gasteiger partial charge in [-0.15, -0.1) is 0 Å². The Balaban J connectivity index is 2.28. The molecule has 1 radical (unpaired) electrons. The number of esters is 1. The molecule has 2 aromatic rings. The predicted molar refractivity (Wildman–Crippen MR) is 76.0 cm³/mol. The zero-order valence-corrected chi connectivity index (χ0v) is 11.7. The molecule has 0 aliphatic heterocycles. The Kier molecular flexibility index (Phi) is 4.66. The van der Waals surface area contributed by atoms with Crippen LogP contribution in [0.1, 0.15) is 24.0 Å². The molecule has 2 rings (SSSR count).